The number of nitrogens with two attached hydrogens (primary N) is 1. The molecule has 4 N–H and O–H groups in total. The summed E-state index contributed by atoms with van der Waals surface area (Å²) in [5.74, 6) is 0.411. The Morgan fingerprint density at radius 3 is 2.81 bits per heavy atom. The third-order valence-corrected chi connectivity index (χ3v) is 6.99. The maximum Gasteiger partial charge on any atom is 0.300 e. The summed E-state index contributed by atoms with van der Waals surface area (Å²) in [4.78, 5) is 15.6. The highest BCUT2D eigenvalue weighted by molar-refractivity contribution is 5.98. The topological polar surface area (TPSA) is 131 Å². The van der Waals surface area contributed by atoms with Gasteiger partial charge in [0.25, 0.3) is 6.01 Å². The van der Waals surface area contributed by atoms with Gasteiger partial charge in [0.15, 0.2) is 11.2 Å². The van der Waals surface area contributed by atoms with Gasteiger partial charge in [0.05, 0.1) is 18.0 Å². The van der Waals surface area contributed by atoms with Crippen molar-refractivity contribution in [3.05, 3.63) is 53.9 Å². The van der Waals surface area contributed by atoms with E-state index >= 15 is 0 Å². The van der Waals surface area contributed by atoms with E-state index in [2.05, 4.69) is 38.2 Å². The number of hydrogen-bond acceptors (Lipinski definition) is 9. The number of benzene rings is 2. The average molecular weight is 499 g/mol. The minimum Gasteiger partial charge on any atom is -0.423 e. The van der Waals surface area contributed by atoms with Gasteiger partial charge in [0.1, 0.15) is 23.4 Å². The summed E-state index contributed by atoms with van der Waals surface area (Å²) >= 11 is 0. The van der Waals surface area contributed by atoms with Crippen LogP contribution in [0.5, 0.6) is 0 Å². The maximum atomic E-state index is 9.40. The number of nitrogen functional groups attached to an aromatic ring is 1. The van der Waals surface area contributed by atoms with Crippen molar-refractivity contribution in [2.75, 3.05) is 37.3 Å². The lowest BCUT2D eigenvalue weighted by atomic mass is 10.1. The summed E-state index contributed by atoms with van der Waals surface area (Å²) < 4.78 is 7.94. The molecule has 6 rings (SSSR count). The van der Waals surface area contributed by atoms with Crippen molar-refractivity contribution in [1.82, 2.24) is 29.6 Å². The van der Waals surface area contributed by atoms with Crippen LogP contribution in [0.15, 0.2) is 47.1 Å². The van der Waals surface area contributed by atoms with Crippen LogP contribution in [0.3, 0.4) is 0 Å². The molecule has 3 aromatic heterocycles. The molecule has 1 fully saturated rings. The summed E-state index contributed by atoms with van der Waals surface area (Å²) in [5, 5.41) is 18.4. The van der Waals surface area contributed by atoms with Crippen molar-refractivity contribution in [2.24, 2.45) is 0 Å². The number of aliphatic hydroxyl groups excluding tert-OH is 1. The SMILES string of the molecule is Cc1cc(C)c2oc(Nc3ccc(-c4nn([C@H]5CCCN(CCO)C5)c5ncnc(N)c45)cc3)nc2c1. The molecule has 1 atom stereocenters. The first-order valence-corrected chi connectivity index (χ1v) is 12.6. The molecule has 0 saturated carbocycles. The monoisotopic (exact) mass is 498 g/mol. The predicted molar refractivity (Wildman–Crippen MR) is 144 cm³/mol. The van der Waals surface area contributed by atoms with E-state index in [1.165, 1.54) is 6.33 Å². The lowest BCUT2D eigenvalue weighted by Crippen LogP contribution is -2.38. The Hall–Kier alpha value is -4.02. The molecule has 1 aliphatic heterocycles. The molecular weight excluding hydrogens is 468 g/mol. The molecule has 2 aromatic carbocycles. The van der Waals surface area contributed by atoms with Crippen molar-refractivity contribution in [3.63, 3.8) is 0 Å². The van der Waals surface area contributed by atoms with Crippen LogP contribution in [0.25, 0.3) is 33.4 Å². The number of rotatable bonds is 6. The van der Waals surface area contributed by atoms with Crippen molar-refractivity contribution in [1.29, 1.82) is 0 Å². The Morgan fingerprint density at radius 1 is 1.16 bits per heavy atom. The number of aliphatic hydroxyl groups is 1. The Balaban J connectivity index is 1.31. The van der Waals surface area contributed by atoms with Gasteiger partial charge < -0.3 is 20.6 Å². The Morgan fingerprint density at radius 2 is 2.00 bits per heavy atom. The zero-order chi connectivity index (χ0) is 25.5. The Labute approximate surface area is 214 Å². The predicted octanol–water partition coefficient (Wildman–Crippen LogP) is 4.21. The van der Waals surface area contributed by atoms with Gasteiger partial charge in [0.2, 0.25) is 0 Å². The lowest BCUT2D eigenvalue weighted by molar-refractivity contribution is 0.139. The highest BCUT2D eigenvalue weighted by Crippen LogP contribution is 2.34. The van der Waals surface area contributed by atoms with E-state index in [-0.39, 0.29) is 12.6 Å². The second-order valence-electron chi connectivity index (χ2n) is 9.72. The van der Waals surface area contributed by atoms with Crippen LogP contribution in [0.2, 0.25) is 0 Å². The fourth-order valence-electron chi connectivity index (χ4n) is 5.29. The van der Waals surface area contributed by atoms with E-state index in [1.807, 2.05) is 41.9 Å². The Kier molecular flexibility index (Phi) is 5.97. The lowest BCUT2D eigenvalue weighted by Gasteiger charge is -2.32. The largest absolute Gasteiger partial charge is 0.423 e. The van der Waals surface area contributed by atoms with Crippen LogP contribution in [-0.2, 0) is 0 Å². The molecule has 1 aliphatic rings. The van der Waals surface area contributed by atoms with Crippen LogP contribution >= 0.6 is 0 Å². The smallest absolute Gasteiger partial charge is 0.300 e. The van der Waals surface area contributed by atoms with Crippen LogP contribution in [0.1, 0.15) is 30.0 Å². The number of nitrogens with one attached hydrogen (secondary N) is 1. The molecule has 0 amide bonds. The zero-order valence-electron chi connectivity index (χ0n) is 21.0. The third kappa shape index (κ3) is 4.38. The first-order valence-electron chi connectivity index (χ1n) is 12.6. The molecule has 0 aliphatic carbocycles. The van der Waals surface area contributed by atoms with E-state index in [0.29, 0.717) is 18.4 Å². The first-order chi connectivity index (χ1) is 18.0. The number of oxazole rings is 1. The van der Waals surface area contributed by atoms with Crippen LogP contribution < -0.4 is 11.1 Å². The number of hydrogen-bond donors (Lipinski definition) is 3. The van der Waals surface area contributed by atoms with Crippen LogP contribution in [-0.4, -0.2) is 61.0 Å². The number of piperidine rings is 1. The number of β-amino-alcohol motifs (C(OH)–C–C–N with tert-alkyl or cyclic N) is 1. The molecule has 10 nitrogen and oxygen atoms in total. The van der Waals surface area contributed by atoms with E-state index in [4.69, 9.17) is 15.2 Å². The molecule has 0 spiro atoms. The average Bonchev–Trinajstić information content (AvgIpc) is 3.47. The van der Waals surface area contributed by atoms with E-state index in [0.717, 1.165) is 76.1 Å². The molecule has 0 radical (unpaired) electrons. The number of aryl methyl sites for hydroxylation is 2. The molecule has 1 saturated heterocycles. The summed E-state index contributed by atoms with van der Waals surface area (Å²) in [6.45, 7) is 6.68. The van der Waals surface area contributed by atoms with Crippen LogP contribution in [0, 0.1) is 13.8 Å². The van der Waals surface area contributed by atoms with E-state index < -0.39 is 0 Å². The van der Waals surface area contributed by atoms with Gasteiger partial charge >= 0.3 is 0 Å². The molecule has 0 bridgehead atoms. The molecule has 0 unspecified atom stereocenters. The molecule has 5 aromatic rings. The highest BCUT2D eigenvalue weighted by atomic mass is 16.4. The maximum absolute atomic E-state index is 9.40. The summed E-state index contributed by atoms with van der Waals surface area (Å²) in [6, 6.07) is 12.6. The summed E-state index contributed by atoms with van der Waals surface area (Å²) in [6.07, 6.45) is 3.52. The minimum atomic E-state index is 0.149. The van der Waals surface area contributed by atoms with Gasteiger partial charge in [-0.15, -0.1) is 0 Å². The molecule has 190 valence electrons. The van der Waals surface area contributed by atoms with Gasteiger partial charge in [-0.25, -0.2) is 14.6 Å². The number of likely N-dealkylation sites (tertiary alicyclic amines) is 1. The highest BCUT2D eigenvalue weighted by Gasteiger charge is 2.26. The summed E-state index contributed by atoms with van der Waals surface area (Å²) in [5.41, 5.74) is 13.4. The minimum absolute atomic E-state index is 0.149. The van der Waals surface area contributed by atoms with E-state index in [1.54, 1.807) is 0 Å². The number of nitrogens with zero attached hydrogens (tertiary/aromatic N) is 6. The van der Waals surface area contributed by atoms with Gasteiger partial charge in [-0.1, -0.05) is 18.2 Å². The second-order valence-corrected chi connectivity index (χ2v) is 9.72. The first kappa shape index (κ1) is 23.4. The van der Waals surface area contributed by atoms with E-state index in [9.17, 15) is 5.11 Å². The molecular formula is C27H30N8O2. The summed E-state index contributed by atoms with van der Waals surface area (Å²) in [7, 11) is 0. The molecule has 37 heavy (non-hydrogen) atoms. The fourth-order valence-corrected chi connectivity index (χ4v) is 5.29. The van der Waals surface area contributed by atoms with Crippen molar-refractivity contribution < 1.29 is 9.52 Å². The number of aromatic nitrogens is 5. The fraction of sp³-hybridized carbons (Fsp3) is 0.333. The van der Waals surface area contributed by atoms with Gasteiger partial charge in [-0.2, -0.15) is 10.1 Å². The van der Waals surface area contributed by atoms with Crippen molar-refractivity contribution >= 4 is 39.7 Å². The van der Waals surface area contributed by atoms with Gasteiger partial charge in [0, 0.05) is 24.3 Å². The van der Waals surface area contributed by atoms with Gasteiger partial charge in [-0.3, -0.25) is 4.90 Å². The number of anilines is 3. The molecule has 10 heteroatoms. The van der Waals surface area contributed by atoms with Crippen molar-refractivity contribution in [2.45, 2.75) is 32.7 Å². The third-order valence-electron chi connectivity index (χ3n) is 6.99. The van der Waals surface area contributed by atoms with Crippen LogP contribution in [0.4, 0.5) is 17.5 Å². The normalized spacial score (nSPS) is 16.6. The molecule has 4 heterocycles. The van der Waals surface area contributed by atoms with Gasteiger partial charge in [-0.05, 0) is 62.6 Å². The standard InChI is InChI=1S/C27H30N8O2/c1-16-12-17(2)24-21(13-16)32-27(37-24)31-19-7-5-18(6-8-19)23-22-25(28)29-15-30-26(22)35(33-23)20-4-3-9-34(14-20)10-11-36/h5-8,12-13,15,20,36H,3-4,9-11,14H2,1-2H3,(H,31,32)(H2,28,29,30)/t20-/m0/s1. The second kappa shape index (κ2) is 9.45. The van der Waals surface area contributed by atoms with Crippen molar-refractivity contribution in [3.8, 4) is 11.3 Å². The zero-order valence-corrected chi connectivity index (χ0v) is 21.0. The Bertz CT molecular complexity index is 1570. The number of fused-ring (bicyclic) bond motifs is 2. The quantitative estimate of drug-likeness (QED) is 0.315.